The molecule has 2 amide bonds. The summed E-state index contributed by atoms with van der Waals surface area (Å²) in [6.07, 6.45) is 1.82. The largest absolute Gasteiger partial charge is 0.344 e. The molecular weight excluding hydrogens is 348 g/mol. The number of aryl methyl sites for hydroxylation is 1. The zero-order valence-corrected chi connectivity index (χ0v) is 15.4. The highest BCUT2D eigenvalue weighted by atomic mass is 35.5. The minimum atomic E-state index is -0.413. The molecule has 26 heavy (non-hydrogen) atoms. The van der Waals surface area contributed by atoms with E-state index in [1.54, 1.807) is 0 Å². The number of rotatable bonds is 2. The van der Waals surface area contributed by atoms with Crippen molar-refractivity contribution in [3.8, 4) is 0 Å². The number of fused-ring (bicyclic) bond motifs is 1. The first-order valence-electron chi connectivity index (χ1n) is 8.97. The summed E-state index contributed by atoms with van der Waals surface area (Å²) in [4.78, 5) is 26.7. The number of hydrogen-bond donors (Lipinski definition) is 1. The number of nitrogens with one attached hydrogen (secondary N) is 1. The maximum Gasteiger partial charge on any atom is 0.245 e. The fraction of sp³-hybridized carbons (Fsp3) is 0.333. The second-order valence-corrected chi connectivity index (χ2v) is 7.53. The standard InChI is InChI=1S/C21H21ClN2O2/c1-13-2-3-14-10-11-24(21(26)18-8-9-19(25)23-18)20(17(14)12-13)15-4-6-16(22)7-5-15/h2-7,12,18,20H,8-11H2,1H3,(H,23,25). The van der Waals surface area contributed by atoms with Gasteiger partial charge < -0.3 is 10.2 Å². The number of halogens is 1. The van der Waals surface area contributed by atoms with E-state index in [-0.39, 0.29) is 17.9 Å². The summed E-state index contributed by atoms with van der Waals surface area (Å²) in [6, 6.07) is 13.6. The van der Waals surface area contributed by atoms with Gasteiger partial charge in [0.25, 0.3) is 0 Å². The Labute approximate surface area is 158 Å². The molecule has 134 valence electrons. The number of amides is 2. The molecule has 1 N–H and O–H groups in total. The molecule has 2 aromatic carbocycles. The Morgan fingerprint density at radius 1 is 1.15 bits per heavy atom. The Bertz CT molecular complexity index is 863. The molecule has 2 unspecified atom stereocenters. The molecule has 0 aromatic heterocycles. The van der Waals surface area contributed by atoms with E-state index >= 15 is 0 Å². The average Bonchev–Trinajstić information content (AvgIpc) is 3.07. The monoisotopic (exact) mass is 368 g/mol. The van der Waals surface area contributed by atoms with E-state index in [1.165, 1.54) is 11.1 Å². The SMILES string of the molecule is Cc1ccc2c(c1)C(c1ccc(Cl)cc1)N(C(=O)C1CCC(=O)N1)CC2. The van der Waals surface area contributed by atoms with Gasteiger partial charge in [0.05, 0.1) is 6.04 Å². The third-order valence-electron chi connectivity index (χ3n) is 5.29. The minimum absolute atomic E-state index is 0.00274. The summed E-state index contributed by atoms with van der Waals surface area (Å²) in [5.41, 5.74) is 4.65. The summed E-state index contributed by atoms with van der Waals surface area (Å²) in [5, 5.41) is 3.49. The maximum atomic E-state index is 13.2. The quantitative estimate of drug-likeness (QED) is 0.883. The topological polar surface area (TPSA) is 49.4 Å². The van der Waals surface area contributed by atoms with Gasteiger partial charge in [0.1, 0.15) is 6.04 Å². The van der Waals surface area contributed by atoms with Crippen molar-refractivity contribution in [1.82, 2.24) is 10.2 Å². The number of nitrogens with zero attached hydrogens (tertiary/aromatic N) is 1. The van der Waals surface area contributed by atoms with Crippen molar-refractivity contribution >= 4 is 23.4 Å². The van der Waals surface area contributed by atoms with Crippen LogP contribution in [0.25, 0.3) is 0 Å². The van der Waals surface area contributed by atoms with Crippen LogP contribution in [0.3, 0.4) is 0 Å². The molecule has 0 bridgehead atoms. The molecule has 0 spiro atoms. The molecule has 0 saturated carbocycles. The Hall–Kier alpha value is -2.33. The number of carbonyl (C=O) groups excluding carboxylic acids is 2. The highest BCUT2D eigenvalue weighted by molar-refractivity contribution is 6.30. The Morgan fingerprint density at radius 2 is 1.92 bits per heavy atom. The van der Waals surface area contributed by atoms with Crippen molar-refractivity contribution in [3.05, 3.63) is 69.7 Å². The van der Waals surface area contributed by atoms with Gasteiger partial charge in [-0.05, 0) is 48.6 Å². The molecule has 2 aliphatic heterocycles. The van der Waals surface area contributed by atoms with Gasteiger partial charge in [-0.2, -0.15) is 0 Å². The summed E-state index contributed by atoms with van der Waals surface area (Å²) in [5.74, 6) is -0.0393. The predicted octanol–water partition coefficient (Wildman–Crippen LogP) is 3.40. The lowest BCUT2D eigenvalue weighted by Gasteiger charge is -2.39. The van der Waals surface area contributed by atoms with E-state index < -0.39 is 6.04 Å². The van der Waals surface area contributed by atoms with Gasteiger partial charge >= 0.3 is 0 Å². The normalized spacial score (nSPS) is 22.1. The smallest absolute Gasteiger partial charge is 0.245 e. The number of carbonyl (C=O) groups is 2. The van der Waals surface area contributed by atoms with Crippen LogP contribution >= 0.6 is 11.6 Å². The lowest BCUT2D eigenvalue weighted by atomic mass is 9.86. The van der Waals surface area contributed by atoms with Gasteiger partial charge in [-0.1, -0.05) is 47.5 Å². The van der Waals surface area contributed by atoms with Crippen LogP contribution in [0, 0.1) is 6.92 Å². The Kier molecular flexibility index (Phi) is 4.45. The Balaban J connectivity index is 1.76. The van der Waals surface area contributed by atoms with Crippen LogP contribution in [0.15, 0.2) is 42.5 Å². The van der Waals surface area contributed by atoms with Crippen molar-refractivity contribution in [2.45, 2.75) is 38.3 Å². The van der Waals surface area contributed by atoms with Crippen LogP contribution in [0.4, 0.5) is 0 Å². The first-order chi connectivity index (χ1) is 12.5. The summed E-state index contributed by atoms with van der Waals surface area (Å²) < 4.78 is 0. The molecule has 4 rings (SSSR count). The first kappa shape index (κ1) is 17.1. The van der Waals surface area contributed by atoms with Gasteiger partial charge in [-0.3, -0.25) is 9.59 Å². The molecule has 2 heterocycles. The molecule has 5 heteroatoms. The molecule has 1 saturated heterocycles. The molecule has 2 atom stereocenters. The van der Waals surface area contributed by atoms with Gasteiger partial charge in [0.2, 0.25) is 11.8 Å². The minimum Gasteiger partial charge on any atom is -0.344 e. The maximum absolute atomic E-state index is 13.2. The van der Waals surface area contributed by atoms with Crippen molar-refractivity contribution < 1.29 is 9.59 Å². The molecule has 0 aliphatic carbocycles. The summed E-state index contributed by atoms with van der Waals surface area (Å²) in [6.45, 7) is 2.71. The van der Waals surface area contributed by atoms with Crippen LogP contribution in [-0.2, 0) is 16.0 Å². The van der Waals surface area contributed by atoms with E-state index in [2.05, 4.69) is 30.4 Å². The van der Waals surface area contributed by atoms with Crippen molar-refractivity contribution in [2.24, 2.45) is 0 Å². The van der Waals surface area contributed by atoms with Crippen molar-refractivity contribution in [3.63, 3.8) is 0 Å². The van der Waals surface area contributed by atoms with Crippen molar-refractivity contribution in [2.75, 3.05) is 6.54 Å². The molecule has 0 radical (unpaired) electrons. The van der Waals surface area contributed by atoms with Crippen molar-refractivity contribution in [1.29, 1.82) is 0 Å². The van der Waals surface area contributed by atoms with Gasteiger partial charge in [-0.25, -0.2) is 0 Å². The lowest BCUT2D eigenvalue weighted by molar-refractivity contribution is -0.136. The number of benzene rings is 2. The van der Waals surface area contributed by atoms with E-state index in [4.69, 9.17) is 11.6 Å². The van der Waals surface area contributed by atoms with E-state index in [9.17, 15) is 9.59 Å². The number of hydrogen-bond acceptors (Lipinski definition) is 2. The fourth-order valence-corrected chi connectivity index (χ4v) is 4.10. The van der Waals surface area contributed by atoms with Gasteiger partial charge in [-0.15, -0.1) is 0 Å². The van der Waals surface area contributed by atoms with Gasteiger partial charge in [0, 0.05) is 18.0 Å². The first-order valence-corrected chi connectivity index (χ1v) is 9.35. The van der Waals surface area contributed by atoms with Crippen LogP contribution < -0.4 is 5.32 Å². The van der Waals surface area contributed by atoms with E-state index in [0.29, 0.717) is 24.4 Å². The molecular formula is C21H21ClN2O2. The average molecular weight is 369 g/mol. The second kappa shape index (κ2) is 6.76. The highest BCUT2D eigenvalue weighted by Crippen LogP contribution is 2.37. The zero-order chi connectivity index (χ0) is 18.3. The second-order valence-electron chi connectivity index (χ2n) is 7.10. The summed E-state index contributed by atoms with van der Waals surface area (Å²) in [7, 11) is 0. The third kappa shape index (κ3) is 3.10. The molecule has 1 fully saturated rings. The molecule has 2 aliphatic rings. The third-order valence-corrected chi connectivity index (χ3v) is 5.54. The van der Waals surface area contributed by atoms with Crippen LogP contribution in [-0.4, -0.2) is 29.3 Å². The van der Waals surface area contributed by atoms with Crippen LogP contribution in [0.1, 0.15) is 41.1 Å². The van der Waals surface area contributed by atoms with E-state index in [0.717, 1.165) is 17.5 Å². The fourth-order valence-electron chi connectivity index (χ4n) is 3.98. The zero-order valence-electron chi connectivity index (χ0n) is 14.7. The molecule has 4 nitrogen and oxygen atoms in total. The predicted molar refractivity (Wildman–Crippen MR) is 101 cm³/mol. The van der Waals surface area contributed by atoms with Gasteiger partial charge in [0.15, 0.2) is 0 Å². The Morgan fingerprint density at radius 3 is 2.62 bits per heavy atom. The highest BCUT2D eigenvalue weighted by Gasteiger charge is 2.37. The molecule has 2 aromatic rings. The van der Waals surface area contributed by atoms with Crippen LogP contribution in [0.5, 0.6) is 0 Å². The van der Waals surface area contributed by atoms with Crippen LogP contribution in [0.2, 0.25) is 5.02 Å². The van der Waals surface area contributed by atoms with E-state index in [1.807, 2.05) is 29.2 Å². The lowest BCUT2D eigenvalue weighted by Crippen LogP contribution is -2.48. The summed E-state index contributed by atoms with van der Waals surface area (Å²) >= 11 is 6.07.